The van der Waals surface area contributed by atoms with Crippen molar-refractivity contribution >= 4 is 5.69 Å². The first-order valence-electron chi connectivity index (χ1n) is 7.40. The van der Waals surface area contributed by atoms with Gasteiger partial charge in [-0.1, -0.05) is 13.0 Å². The molecule has 1 heterocycles. The molecule has 1 aromatic rings. The lowest BCUT2D eigenvalue weighted by atomic mass is 10.0. The van der Waals surface area contributed by atoms with Crippen LogP contribution in [0.5, 0.6) is 5.75 Å². The number of anilines is 1. The van der Waals surface area contributed by atoms with Gasteiger partial charge in [-0.25, -0.2) is 0 Å². The van der Waals surface area contributed by atoms with E-state index in [9.17, 15) is 0 Å². The summed E-state index contributed by atoms with van der Waals surface area (Å²) in [6.45, 7) is 10.1. The van der Waals surface area contributed by atoms with Crippen molar-refractivity contribution in [3.63, 3.8) is 0 Å². The van der Waals surface area contributed by atoms with E-state index in [0.29, 0.717) is 19.8 Å². The van der Waals surface area contributed by atoms with Gasteiger partial charge in [-0.15, -0.1) is 0 Å². The molecule has 1 aliphatic heterocycles. The Morgan fingerprint density at radius 1 is 1.35 bits per heavy atom. The summed E-state index contributed by atoms with van der Waals surface area (Å²) in [6.07, 6.45) is 1.04. The lowest BCUT2D eigenvalue weighted by Crippen LogP contribution is -2.48. The maximum atomic E-state index is 6.07. The first-order valence-corrected chi connectivity index (χ1v) is 7.40. The van der Waals surface area contributed by atoms with Crippen LogP contribution in [0, 0.1) is 0 Å². The molecule has 0 saturated carbocycles. The summed E-state index contributed by atoms with van der Waals surface area (Å²) in [4.78, 5) is 2.36. The number of rotatable bonds is 6. The van der Waals surface area contributed by atoms with Crippen LogP contribution in [0.15, 0.2) is 18.2 Å². The van der Waals surface area contributed by atoms with E-state index < -0.39 is 0 Å². The molecule has 0 saturated heterocycles. The normalized spacial score (nSPS) is 16.7. The molecule has 1 aliphatic rings. The fourth-order valence-electron chi connectivity index (χ4n) is 2.55. The Labute approximate surface area is 121 Å². The van der Waals surface area contributed by atoms with Crippen molar-refractivity contribution in [3.8, 4) is 5.75 Å². The highest BCUT2D eigenvalue weighted by Gasteiger charge is 2.31. The summed E-state index contributed by atoms with van der Waals surface area (Å²) in [5.74, 6) is 0.970. The highest BCUT2D eigenvalue weighted by Crippen LogP contribution is 2.37. The van der Waals surface area contributed by atoms with Crippen molar-refractivity contribution in [2.24, 2.45) is 5.73 Å². The number of hydrogen-bond acceptors (Lipinski definition) is 4. The van der Waals surface area contributed by atoms with Gasteiger partial charge < -0.3 is 20.1 Å². The monoisotopic (exact) mass is 278 g/mol. The Hall–Kier alpha value is -1.26. The molecule has 0 aliphatic carbocycles. The molecule has 0 aromatic heterocycles. The van der Waals surface area contributed by atoms with Crippen molar-refractivity contribution in [3.05, 3.63) is 23.8 Å². The van der Waals surface area contributed by atoms with Crippen molar-refractivity contribution < 1.29 is 9.47 Å². The largest absolute Gasteiger partial charge is 0.484 e. The zero-order valence-electron chi connectivity index (χ0n) is 12.8. The van der Waals surface area contributed by atoms with E-state index in [1.54, 1.807) is 0 Å². The Kier molecular flexibility index (Phi) is 4.89. The summed E-state index contributed by atoms with van der Waals surface area (Å²) < 4.78 is 11.6. The van der Waals surface area contributed by atoms with Crippen LogP contribution >= 0.6 is 0 Å². The van der Waals surface area contributed by atoms with Gasteiger partial charge in [0, 0.05) is 13.1 Å². The molecule has 0 bridgehead atoms. The molecule has 0 amide bonds. The second-order valence-corrected chi connectivity index (χ2v) is 5.84. The van der Waals surface area contributed by atoms with Gasteiger partial charge >= 0.3 is 0 Å². The number of nitrogens with two attached hydrogens (primary N) is 1. The predicted octanol–water partition coefficient (Wildman–Crippen LogP) is 2.20. The molecule has 4 heteroatoms. The molecule has 1 aromatic carbocycles. The minimum atomic E-state index is -0.172. The fourth-order valence-corrected chi connectivity index (χ4v) is 2.55. The lowest BCUT2D eigenvalue weighted by molar-refractivity contribution is 0.0978. The lowest BCUT2D eigenvalue weighted by Gasteiger charge is -2.41. The van der Waals surface area contributed by atoms with Crippen LogP contribution < -0.4 is 15.4 Å². The van der Waals surface area contributed by atoms with E-state index in [4.69, 9.17) is 15.2 Å². The SMILES string of the molecule is CCc1ccc2c(c1)N(CCOCCN)CC(C)(C)O2. The minimum absolute atomic E-state index is 0.172. The molecule has 0 unspecified atom stereocenters. The van der Waals surface area contributed by atoms with Gasteiger partial charge in [0.05, 0.1) is 25.4 Å². The van der Waals surface area contributed by atoms with E-state index in [1.165, 1.54) is 11.3 Å². The molecular formula is C16H26N2O2. The van der Waals surface area contributed by atoms with Crippen LogP contribution in [-0.2, 0) is 11.2 Å². The average Bonchev–Trinajstić information content (AvgIpc) is 2.42. The zero-order valence-corrected chi connectivity index (χ0v) is 12.8. The number of benzene rings is 1. The average molecular weight is 278 g/mol. The van der Waals surface area contributed by atoms with E-state index in [1.807, 2.05) is 0 Å². The molecular weight excluding hydrogens is 252 g/mol. The third kappa shape index (κ3) is 3.64. The number of aryl methyl sites for hydroxylation is 1. The van der Waals surface area contributed by atoms with Crippen LogP contribution in [0.25, 0.3) is 0 Å². The Balaban J connectivity index is 2.14. The fraction of sp³-hybridized carbons (Fsp3) is 0.625. The van der Waals surface area contributed by atoms with Crippen LogP contribution in [-0.4, -0.2) is 38.4 Å². The quantitative estimate of drug-likeness (QED) is 0.810. The molecule has 2 N–H and O–H groups in total. The third-order valence-electron chi connectivity index (χ3n) is 3.50. The maximum absolute atomic E-state index is 6.07. The Morgan fingerprint density at radius 2 is 2.15 bits per heavy atom. The Morgan fingerprint density at radius 3 is 2.85 bits per heavy atom. The maximum Gasteiger partial charge on any atom is 0.143 e. The summed E-state index contributed by atoms with van der Waals surface area (Å²) in [5.41, 5.74) is 7.79. The zero-order chi connectivity index (χ0) is 14.6. The molecule has 4 nitrogen and oxygen atoms in total. The predicted molar refractivity (Wildman–Crippen MR) is 82.6 cm³/mol. The third-order valence-corrected chi connectivity index (χ3v) is 3.50. The molecule has 0 atom stereocenters. The highest BCUT2D eigenvalue weighted by molar-refractivity contribution is 5.62. The van der Waals surface area contributed by atoms with Gasteiger partial charge in [-0.2, -0.15) is 0 Å². The van der Waals surface area contributed by atoms with Crippen LogP contribution in [0.4, 0.5) is 5.69 Å². The first-order chi connectivity index (χ1) is 9.55. The molecule has 112 valence electrons. The van der Waals surface area contributed by atoms with Gasteiger partial charge in [0.25, 0.3) is 0 Å². The number of nitrogens with zero attached hydrogens (tertiary/aromatic N) is 1. The van der Waals surface area contributed by atoms with Crippen molar-refractivity contribution in [1.82, 2.24) is 0 Å². The summed E-state index contributed by atoms with van der Waals surface area (Å²) in [7, 11) is 0. The summed E-state index contributed by atoms with van der Waals surface area (Å²) in [5, 5.41) is 0. The summed E-state index contributed by atoms with van der Waals surface area (Å²) in [6, 6.07) is 6.46. The van der Waals surface area contributed by atoms with Crippen LogP contribution in [0.1, 0.15) is 26.3 Å². The van der Waals surface area contributed by atoms with Crippen LogP contribution in [0.2, 0.25) is 0 Å². The van der Waals surface area contributed by atoms with Crippen molar-refractivity contribution in [2.75, 3.05) is 37.7 Å². The van der Waals surface area contributed by atoms with E-state index >= 15 is 0 Å². The van der Waals surface area contributed by atoms with Crippen molar-refractivity contribution in [2.45, 2.75) is 32.8 Å². The Bertz CT molecular complexity index is 446. The van der Waals surface area contributed by atoms with Gasteiger partial charge in [-0.05, 0) is 38.0 Å². The standard InChI is InChI=1S/C16H26N2O2/c1-4-13-5-6-15-14(11-13)18(8-10-19-9-7-17)12-16(2,3)20-15/h5-6,11H,4,7-10,12,17H2,1-3H3. The topological polar surface area (TPSA) is 47.7 Å². The van der Waals surface area contributed by atoms with E-state index in [-0.39, 0.29) is 5.60 Å². The molecule has 0 radical (unpaired) electrons. The van der Waals surface area contributed by atoms with Gasteiger partial charge in [0.15, 0.2) is 0 Å². The van der Waals surface area contributed by atoms with Crippen molar-refractivity contribution in [1.29, 1.82) is 0 Å². The van der Waals surface area contributed by atoms with Gasteiger partial charge in [0.2, 0.25) is 0 Å². The molecule has 0 spiro atoms. The summed E-state index contributed by atoms with van der Waals surface area (Å²) >= 11 is 0. The number of fused-ring (bicyclic) bond motifs is 1. The van der Waals surface area contributed by atoms with E-state index in [2.05, 4.69) is 43.9 Å². The highest BCUT2D eigenvalue weighted by atomic mass is 16.5. The number of ether oxygens (including phenoxy) is 2. The molecule has 0 fully saturated rings. The number of hydrogen-bond donors (Lipinski definition) is 1. The second-order valence-electron chi connectivity index (χ2n) is 5.84. The first kappa shape index (κ1) is 15.1. The molecule has 2 rings (SSSR count). The van der Waals surface area contributed by atoms with Gasteiger partial charge in [-0.3, -0.25) is 0 Å². The minimum Gasteiger partial charge on any atom is -0.484 e. The second kappa shape index (κ2) is 6.46. The smallest absolute Gasteiger partial charge is 0.143 e. The van der Waals surface area contributed by atoms with Crippen LogP contribution in [0.3, 0.4) is 0 Å². The van der Waals surface area contributed by atoms with Gasteiger partial charge in [0.1, 0.15) is 11.4 Å². The molecule has 20 heavy (non-hydrogen) atoms. The van der Waals surface area contributed by atoms with E-state index in [0.717, 1.165) is 25.3 Å².